The fraction of sp³-hybridized carbons (Fsp3) is 0.143. The lowest BCUT2D eigenvalue weighted by atomic mass is 9.94. The van der Waals surface area contributed by atoms with Crippen LogP contribution in [-0.4, -0.2) is 0 Å². The quantitative estimate of drug-likeness (QED) is 0.658. The molecule has 0 amide bonds. The molecule has 0 saturated heterocycles. The van der Waals surface area contributed by atoms with Crippen molar-refractivity contribution < 1.29 is 0 Å². The average molecular weight is 184 g/mol. The highest BCUT2D eigenvalue weighted by atomic mass is 14.1. The number of hydrogen-bond acceptors (Lipinski definition) is 0. The van der Waals surface area contributed by atoms with Gasteiger partial charge < -0.3 is 0 Å². The minimum Gasteiger partial charge on any atom is -0.0984 e. The zero-order valence-corrected chi connectivity index (χ0v) is 8.72. The predicted molar refractivity (Wildman–Crippen MR) is 66.1 cm³/mol. The molecular formula is C14H16. The third kappa shape index (κ3) is 1.69. The first kappa shape index (κ1) is 10.5. The largest absolute Gasteiger partial charge is 0.0984 e. The monoisotopic (exact) mass is 184 g/mol. The van der Waals surface area contributed by atoms with E-state index in [1.54, 1.807) is 0 Å². The molecule has 0 heteroatoms. The van der Waals surface area contributed by atoms with E-state index in [4.69, 9.17) is 0 Å². The molecular weight excluding hydrogens is 168 g/mol. The van der Waals surface area contributed by atoms with Crippen LogP contribution in [0.2, 0.25) is 0 Å². The van der Waals surface area contributed by atoms with Crippen LogP contribution >= 0.6 is 0 Å². The smallest absolute Gasteiger partial charge is 0.0115 e. The first-order chi connectivity index (χ1) is 6.78. The Balaban J connectivity index is 3.50. The second kappa shape index (κ2) is 4.61. The van der Waals surface area contributed by atoms with Crippen molar-refractivity contribution in [1.29, 1.82) is 0 Å². The maximum absolute atomic E-state index is 3.84. The van der Waals surface area contributed by atoms with Gasteiger partial charge in [-0.1, -0.05) is 57.0 Å². The van der Waals surface area contributed by atoms with E-state index < -0.39 is 0 Å². The summed E-state index contributed by atoms with van der Waals surface area (Å²) < 4.78 is 0. The molecule has 1 aromatic carbocycles. The molecule has 0 spiro atoms. The van der Waals surface area contributed by atoms with Gasteiger partial charge in [0.15, 0.2) is 0 Å². The van der Waals surface area contributed by atoms with Crippen molar-refractivity contribution in [2.75, 3.05) is 0 Å². The van der Waals surface area contributed by atoms with E-state index in [0.717, 1.165) is 17.5 Å². The number of benzene rings is 1. The summed E-state index contributed by atoms with van der Waals surface area (Å²) in [5.41, 5.74) is 4.74. The minimum atomic E-state index is 1.01. The molecule has 0 nitrogen and oxygen atoms in total. The molecule has 14 heavy (non-hydrogen) atoms. The fourth-order valence-electron chi connectivity index (χ4n) is 1.65. The lowest BCUT2D eigenvalue weighted by Gasteiger charge is -2.10. The Hall–Kier alpha value is -1.56. The third-order valence-corrected chi connectivity index (χ3v) is 2.42. The van der Waals surface area contributed by atoms with Gasteiger partial charge in [-0.15, -0.1) is 0 Å². The van der Waals surface area contributed by atoms with Gasteiger partial charge in [0.05, 0.1) is 0 Å². The Labute approximate surface area is 86.3 Å². The maximum Gasteiger partial charge on any atom is -0.0115 e. The molecule has 0 aliphatic carbocycles. The highest BCUT2D eigenvalue weighted by Crippen LogP contribution is 2.23. The van der Waals surface area contributed by atoms with E-state index >= 15 is 0 Å². The van der Waals surface area contributed by atoms with Crippen molar-refractivity contribution in [3.8, 4) is 0 Å². The standard InChI is InChI=1S/C14H16/c1-5-11-9-10-12(6-2)14(8-4)13(11)7-3/h5,7-10H,1,3-4,6H2,2H3. The van der Waals surface area contributed by atoms with Crippen LogP contribution in [0.15, 0.2) is 31.9 Å². The molecule has 72 valence electrons. The van der Waals surface area contributed by atoms with E-state index in [9.17, 15) is 0 Å². The number of rotatable bonds is 4. The number of aryl methyl sites for hydroxylation is 1. The van der Waals surface area contributed by atoms with Gasteiger partial charge in [-0.2, -0.15) is 0 Å². The maximum atomic E-state index is 3.84. The first-order valence-electron chi connectivity index (χ1n) is 4.81. The van der Waals surface area contributed by atoms with Crippen molar-refractivity contribution in [3.63, 3.8) is 0 Å². The summed E-state index contributed by atoms with van der Waals surface area (Å²) in [6, 6.07) is 4.21. The van der Waals surface area contributed by atoms with Crippen molar-refractivity contribution >= 4 is 18.2 Å². The Bertz CT molecular complexity index is 370. The van der Waals surface area contributed by atoms with Crippen LogP contribution in [0.4, 0.5) is 0 Å². The Morgan fingerprint density at radius 3 is 2.07 bits per heavy atom. The second-order valence-corrected chi connectivity index (χ2v) is 3.11. The molecule has 0 saturated carbocycles. The van der Waals surface area contributed by atoms with E-state index in [-0.39, 0.29) is 0 Å². The van der Waals surface area contributed by atoms with Gasteiger partial charge in [0.25, 0.3) is 0 Å². The summed E-state index contributed by atoms with van der Waals surface area (Å²) in [6.45, 7) is 13.6. The third-order valence-electron chi connectivity index (χ3n) is 2.42. The van der Waals surface area contributed by atoms with E-state index in [1.807, 2.05) is 18.2 Å². The van der Waals surface area contributed by atoms with Gasteiger partial charge >= 0.3 is 0 Å². The molecule has 1 aromatic rings. The van der Waals surface area contributed by atoms with Crippen LogP contribution in [0.1, 0.15) is 29.2 Å². The summed E-state index contributed by atoms with van der Waals surface area (Å²) in [5.74, 6) is 0. The second-order valence-electron chi connectivity index (χ2n) is 3.11. The zero-order valence-electron chi connectivity index (χ0n) is 8.72. The Morgan fingerprint density at radius 1 is 1.00 bits per heavy atom. The first-order valence-corrected chi connectivity index (χ1v) is 4.81. The van der Waals surface area contributed by atoms with Crippen LogP contribution < -0.4 is 0 Å². The fourth-order valence-corrected chi connectivity index (χ4v) is 1.65. The van der Waals surface area contributed by atoms with Crippen molar-refractivity contribution in [3.05, 3.63) is 54.1 Å². The van der Waals surface area contributed by atoms with Gasteiger partial charge in [0.2, 0.25) is 0 Å². The van der Waals surface area contributed by atoms with Crippen molar-refractivity contribution in [2.45, 2.75) is 13.3 Å². The van der Waals surface area contributed by atoms with Crippen LogP contribution in [-0.2, 0) is 6.42 Å². The van der Waals surface area contributed by atoms with Gasteiger partial charge in [-0.3, -0.25) is 0 Å². The minimum absolute atomic E-state index is 1.01. The molecule has 0 heterocycles. The summed E-state index contributed by atoms with van der Waals surface area (Å²) >= 11 is 0. The molecule has 0 unspecified atom stereocenters. The predicted octanol–water partition coefficient (Wildman–Crippen LogP) is 4.18. The van der Waals surface area contributed by atoms with Crippen LogP contribution in [0.5, 0.6) is 0 Å². The summed E-state index contributed by atoms with van der Waals surface area (Å²) in [6.07, 6.45) is 6.62. The van der Waals surface area contributed by atoms with Gasteiger partial charge in [-0.25, -0.2) is 0 Å². The zero-order chi connectivity index (χ0) is 10.6. The SMILES string of the molecule is C=Cc1ccc(CC)c(C=C)c1C=C. The highest BCUT2D eigenvalue weighted by molar-refractivity contribution is 5.74. The highest BCUT2D eigenvalue weighted by Gasteiger charge is 2.04. The molecule has 0 aliphatic heterocycles. The van der Waals surface area contributed by atoms with Gasteiger partial charge in [-0.05, 0) is 28.7 Å². The van der Waals surface area contributed by atoms with Crippen molar-refractivity contribution in [2.24, 2.45) is 0 Å². The van der Waals surface area contributed by atoms with Crippen LogP contribution in [0, 0.1) is 0 Å². The molecule has 0 aromatic heterocycles. The molecule has 0 atom stereocenters. The summed E-state index contributed by atoms with van der Waals surface area (Å²) in [5, 5.41) is 0. The molecule has 1 rings (SSSR count). The Morgan fingerprint density at radius 2 is 1.64 bits per heavy atom. The molecule has 0 radical (unpaired) electrons. The summed E-state index contributed by atoms with van der Waals surface area (Å²) in [7, 11) is 0. The number of hydrogen-bond donors (Lipinski definition) is 0. The molecule has 0 aliphatic rings. The van der Waals surface area contributed by atoms with Crippen molar-refractivity contribution in [1.82, 2.24) is 0 Å². The molecule has 0 bridgehead atoms. The average Bonchev–Trinajstić information content (AvgIpc) is 2.26. The van der Waals surface area contributed by atoms with E-state index in [0.29, 0.717) is 0 Å². The van der Waals surface area contributed by atoms with E-state index in [1.165, 1.54) is 11.1 Å². The van der Waals surface area contributed by atoms with Gasteiger partial charge in [0.1, 0.15) is 0 Å². The lowest BCUT2D eigenvalue weighted by molar-refractivity contribution is 1.13. The topological polar surface area (TPSA) is 0 Å². The Kier molecular flexibility index (Phi) is 3.47. The van der Waals surface area contributed by atoms with Crippen LogP contribution in [0.3, 0.4) is 0 Å². The van der Waals surface area contributed by atoms with Crippen LogP contribution in [0.25, 0.3) is 18.2 Å². The molecule has 0 N–H and O–H groups in total. The lowest BCUT2D eigenvalue weighted by Crippen LogP contribution is -1.92. The van der Waals surface area contributed by atoms with Gasteiger partial charge in [0, 0.05) is 0 Å². The normalized spacial score (nSPS) is 9.50. The summed E-state index contributed by atoms with van der Waals surface area (Å²) in [4.78, 5) is 0. The molecule has 0 fully saturated rings. The van der Waals surface area contributed by atoms with E-state index in [2.05, 4.69) is 38.8 Å².